The number of hydrogen-bond acceptors (Lipinski definition) is 0. The van der Waals surface area contributed by atoms with Gasteiger partial charge in [0.05, 0.1) is 0 Å². The summed E-state index contributed by atoms with van der Waals surface area (Å²) in [6.07, 6.45) is 0. The Morgan fingerprint density at radius 1 is 0.244 bits per heavy atom. The molecule has 6 rings (SSSR count). The largest absolute Gasteiger partial charge is 0.0622 e. The van der Waals surface area contributed by atoms with Crippen LogP contribution in [0.15, 0.2) is 182 Å². The van der Waals surface area contributed by atoms with Crippen LogP contribution in [-0.2, 0) is 33.4 Å². The zero-order chi connectivity index (χ0) is 31.8. The van der Waals surface area contributed by atoms with Crippen molar-refractivity contribution in [1.82, 2.24) is 0 Å². The number of hydrogen-bond donors (Lipinski definition) is 0. The molecule has 6 heteroatoms. The van der Waals surface area contributed by atoms with E-state index in [9.17, 15) is 0 Å². The Morgan fingerprint density at radius 3 is 0.467 bits per heavy atom. The van der Waals surface area contributed by atoms with Crippen molar-refractivity contribution in [3.63, 3.8) is 0 Å². The first-order valence-corrected chi connectivity index (χ1v) is 16.1. The van der Waals surface area contributed by atoms with Gasteiger partial charge in [-0.1, -0.05) is 182 Å². The van der Waals surface area contributed by atoms with Crippen molar-refractivity contribution in [1.29, 1.82) is 0 Å². The van der Waals surface area contributed by atoms with Crippen molar-refractivity contribution in [2.45, 2.75) is 0 Å². The van der Waals surface area contributed by atoms with Crippen LogP contribution in [0.4, 0.5) is 0 Å². The Hall–Kier alpha value is -3.98. The fourth-order valence-electron chi connectivity index (χ4n) is 4.36. The molecule has 0 fully saturated rings. The van der Waals surface area contributed by atoms with Gasteiger partial charge in [-0.2, -0.15) is 0 Å². The molecule has 6 aromatic carbocycles. The van der Waals surface area contributed by atoms with Crippen molar-refractivity contribution < 1.29 is 33.4 Å². The van der Waals surface area contributed by atoms with Crippen molar-refractivity contribution in [2.75, 3.05) is 0 Å². The summed E-state index contributed by atoms with van der Waals surface area (Å²) in [5.41, 5.74) is 0. The summed E-state index contributed by atoms with van der Waals surface area (Å²) in [5.74, 6) is 0. The molecule has 0 bridgehead atoms. The molecular weight excluding hydrogens is 679 g/mol. The quantitative estimate of drug-likeness (QED) is 0.0794. The molecule has 0 aliphatic carbocycles. The van der Waals surface area contributed by atoms with Gasteiger partial charge in [-0.25, -0.2) is 0 Å². The second-order valence-electron chi connectivity index (χ2n) is 8.68. The van der Waals surface area contributed by atoms with E-state index < -0.39 is 15.8 Å². The zero-order valence-electron chi connectivity index (χ0n) is 24.3. The van der Waals surface area contributed by atoms with E-state index >= 15 is 0 Å². The van der Waals surface area contributed by atoms with Crippen LogP contribution in [0.5, 0.6) is 0 Å². The van der Waals surface area contributed by atoms with Gasteiger partial charge in [0.1, 0.15) is 0 Å². The standard InChI is InChI=1S/2C18H15P.3CO.Ru/c2*1-4-10-16(11-5-1)19(17-12-6-2-7-13-17)18-14-8-3-9-15-18;3*1-2;/h2*1-15H;;;;. The van der Waals surface area contributed by atoms with Gasteiger partial charge in [0.15, 0.2) is 0 Å². The van der Waals surface area contributed by atoms with E-state index in [4.69, 9.17) is 14.0 Å². The Morgan fingerprint density at radius 2 is 0.356 bits per heavy atom. The van der Waals surface area contributed by atoms with Gasteiger partial charge in [0.2, 0.25) is 0 Å². The minimum absolute atomic E-state index is 0. The van der Waals surface area contributed by atoms with Gasteiger partial charge in [-0.15, -0.1) is 0 Å². The first-order valence-electron chi connectivity index (χ1n) is 13.4. The predicted octanol–water partition coefficient (Wildman–Crippen LogP) is 6.77. The van der Waals surface area contributed by atoms with Crippen molar-refractivity contribution in [3.05, 3.63) is 202 Å². The summed E-state index contributed by atoms with van der Waals surface area (Å²) < 4.78 is 22.5. The molecule has 0 aliphatic rings. The molecular formula is C39H30O3P2Ru. The average Bonchev–Trinajstić information content (AvgIpc) is 3.14. The summed E-state index contributed by atoms with van der Waals surface area (Å²) in [7, 11) is -0.892. The summed E-state index contributed by atoms with van der Waals surface area (Å²) >= 11 is 0. The third kappa shape index (κ3) is 12.5. The van der Waals surface area contributed by atoms with Crippen LogP contribution in [0.25, 0.3) is 0 Å². The summed E-state index contributed by atoms with van der Waals surface area (Å²) in [6, 6.07) is 64.7. The van der Waals surface area contributed by atoms with Crippen molar-refractivity contribution in [2.24, 2.45) is 0 Å². The monoisotopic (exact) mass is 710 g/mol. The van der Waals surface area contributed by atoms with E-state index in [1.54, 1.807) is 0 Å². The molecule has 0 atom stereocenters. The number of benzene rings is 6. The minimum atomic E-state index is -0.446. The molecule has 3 nitrogen and oxygen atoms in total. The van der Waals surface area contributed by atoms with E-state index in [0.29, 0.717) is 0 Å². The minimum Gasteiger partial charge on any atom is -0.0622 e. The molecule has 0 saturated heterocycles. The molecule has 0 unspecified atom stereocenters. The number of rotatable bonds is 6. The van der Waals surface area contributed by atoms with Gasteiger partial charge in [0, 0.05) is 19.5 Å². The van der Waals surface area contributed by atoms with Gasteiger partial charge in [0.25, 0.3) is 0 Å². The van der Waals surface area contributed by atoms with Crippen LogP contribution < -0.4 is 31.8 Å². The molecule has 0 heterocycles. The predicted molar refractivity (Wildman–Crippen MR) is 182 cm³/mol. The normalized spacial score (nSPS) is 9.07. The summed E-state index contributed by atoms with van der Waals surface area (Å²) in [6.45, 7) is 13.5. The Bertz CT molecular complexity index is 1310. The zero-order valence-corrected chi connectivity index (χ0v) is 27.8. The molecule has 6 aromatic rings. The molecule has 0 spiro atoms. The van der Waals surface area contributed by atoms with Crippen molar-refractivity contribution >= 4 is 47.7 Å². The van der Waals surface area contributed by atoms with E-state index in [-0.39, 0.29) is 19.5 Å². The fourth-order valence-corrected chi connectivity index (χ4v) is 8.97. The van der Waals surface area contributed by atoms with Crippen LogP contribution in [0.3, 0.4) is 0 Å². The Labute approximate surface area is 281 Å². The average molecular weight is 710 g/mol. The summed E-state index contributed by atoms with van der Waals surface area (Å²) in [4.78, 5) is 0. The second kappa shape index (κ2) is 24.4. The van der Waals surface area contributed by atoms with E-state index in [2.05, 4.69) is 202 Å². The third-order valence-corrected chi connectivity index (χ3v) is 11.0. The SMILES string of the molecule is [C-]#[O+].[C-]#[O+].[C-]#[O+].[Ru].c1ccc(P(c2ccccc2)c2ccccc2)cc1.c1ccc(P(c2ccccc2)c2ccccc2)cc1. The molecule has 0 aromatic heterocycles. The fraction of sp³-hybridized carbons (Fsp3) is 0. The van der Waals surface area contributed by atoms with E-state index in [0.717, 1.165) is 0 Å². The summed E-state index contributed by atoms with van der Waals surface area (Å²) in [5, 5.41) is 8.39. The molecule has 0 N–H and O–H groups in total. The first-order chi connectivity index (χ1) is 21.9. The molecule has 0 aliphatic heterocycles. The van der Waals surface area contributed by atoms with Crippen LogP contribution in [0.2, 0.25) is 0 Å². The maximum Gasteiger partial charge on any atom is 0 e. The second-order valence-corrected chi connectivity index (χ2v) is 13.1. The van der Waals surface area contributed by atoms with Crippen LogP contribution >= 0.6 is 15.8 Å². The molecule has 45 heavy (non-hydrogen) atoms. The molecule has 0 saturated carbocycles. The molecule has 0 radical (unpaired) electrons. The Balaban J connectivity index is 0.000000379. The van der Waals surface area contributed by atoms with Gasteiger partial charge < -0.3 is 0 Å². The van der Waals surface area contributed by atoms with Gasteiger partial charge in [-0.3, -0.25) is 0 Å². The van der Waals surface area contributed by atoms with Gasteiger partial charge in [-0.05, 0) is 47.7 Å². The van der Waals surface area contributed by atoms with Crippen molar-refractivity contribution in [3.8, 4) is 0 Å². The Kier molecular flexibility index (Phi) is 21.1. The van der Waals surface area contributed by atoms with E-state index in [1.807, 2.05) is 0 Å². The smallest absolute Gasteiger partial charge is 0 e. The maximum atomic E-state index is 7.50. The topological polar surface area (TPSA) is 59.7 Å². The first kappa shape index (κ1) is 39.0. The van der Waals surface area contributed by atoms with Gasteiger partial charge >= 0.3 is 33.9 Å². The van der Waals surface area contributed by atoms with Crippen LogP contribution in [-0.4, -0.2) is 0 Å². The van der Waals surface area contributed by atoms with Crippen LogP contribution in [0.1, 0.15) is 0 Å². The maximum absolute atomic E-state index is 7.50. The third-order valence-electron chi connectivity index (χ3n) is 6.09. The molecule has 222 valence electrons. The van der Waals surface area contributed by atoms with Crippen LogP contribution in [0, 0.1) is 20.0 Å². The van der Waals surface area contributed by atoms with E-state index in [1.165, 1.54) is 31.8 Å². The molecule has 0 amide bonds.